The molecule has 0 unspecified atom stereocenters. The van der Waals surface area contributed by atoms with Gasteiger partial charge in [-0.3, -0.25) is 0 Å². The molecule has 1 aromatic heterocycles. The average Bonchev–Trinajstić information content (AvgIpc) is 2.80. The van der Waals surface area contributed by atoms with Gasteiger partial charge in [0.2, 0.25) is 0 Å². The fourth-order valence-corrected chi connectivity index (χ4v) is 3.03. The molecule has 0 aliphatic heterocycles. The van der Waals surface area contributed by atoms with E-state index in [1.54, 1.807) is 18.4 Å². The molecule has 0 fully saturated rings. The smallest absolute Gasteiger partial charge is 0.120 e. The first-order chi connectivity index (χ1) is 8.12. The van der Waals surface area contributed by atoms with Crippen molar-refractivity contribution >= 4 is 21.6 Å². The van der Waals surface area contributed by atoms with Gasteiger partial charge in [0, 0.05) is 0 Å². The van der Waals surface area contributed by atoms with Crippen LogP contribution in [-0.2, 0) is 5.54 Å². The first-order valence-corrected chi connectivity index (χ1v) is 6.68. The number of ether oxygens (including phenoxy) is 1. The Bertz CT molecular complexity index is 517. The summed E-state index contributed by atoms with van der Waals surface area (Å²) in [6, 6.07) is 5.93. The molecule has 3 nitrogen and oxygen atoms in total. The van der Waals surface area contributed by atoms with Crippen LogP contribution in [0.5, 0.6) is 5.75 Å². The quantitative estimate of drug-likeness (QED) is 0.906. The van der Waals surface area contributed by atoms with E-state index in [-0.39, 0.29) is 5.54 Å². The van der Waals surface area contributed by atoms with E-state index in [4.69, 9.17) is 10.5 Å². The summed E-state index contributed by atoms with van der Waals surface area (Å²) in [4.78, 5) is 4.64. The Labute approximate surface area is 106 Å². The first-order valence-electron chi connectivity index (χ1n) is 5.87. The third-order valence-corrected chi connectivity index (χ3v) is 4.52. The molecule has 0 radical (unpaired) electrons. The zero-order valence-corrected chi connectivity index (χ0v) is 11.3. The Morgan fingerprint density at radius 1 is 1.35 bits per heavy atom. The predicted octanol–water partition coefficient (Wildman–Crippen LogP) is 3.28. The zero-order valence-electron chi connectivity index (χ0n) is 10.5. The summed E-state index contributed by atoms with van der Waals surface area (Å²) >= 11 is 1.67. The summed E-state index contributed by atoms with van der Waals surface area (Å²) in [5.74, 6) is 0.864. The predicted molar refractivity (Wildman–Crippen MR) is 72.6 cm³/mol. The molecule has 4 heteroatoms. The molecule has 0 aliphatic rings. The summed E-state index contributed by atoms with van der Waals surface area (Å²) in [7, 11) is 1.68. The van der Waals surface area contributed by atoms with Gasteiger partial charge in [0.1, 0.15) is 10.8 Å². The van der Waals surface area contributed by atoms with E-state index in [1.165, 1.54) is 0 Å². The maximum absolute atomic E-state index is 6.37. The van der Waals surface area contributed by atoms with Gasteiger partial charge in [0.05, 0.1) is 22.9 Å². The van der Waals surface area contributed by atoms with Crippen LogP contribution in [0.15, 0.2) is 18.2 Å². The topological polar surface area (TPSA) is 48.1 Å². The van der Waals surface area contributed by atoms with Crippen LogP contribution < -0.4 is 10.5 Å². The lowest BCUT2D eigenvalue weighted by molar-refractivity contribution is 0.411. The minimum atomic E-state index is -0.295. The molecule has 0 amide bonds. The fraction of sp³-hybridized carbons (Fsp3) is 0.462. The first kappa shape index (κ1) is 12.3. The normalized spacial score (nSPS) is 12.0. The van der Waals surface area contributed by atoms with Crippen LogP contribution in [0.25, 0.3) is 10.2 Å². The number of nitrogens with zero attached hydrogens (tertiary/aromatic N) is 1. The van der Waals surface area contributed by atoms with Crippen LogP contribution in [-0.4, -0.2) is 12.1 Å². The molecule has 0 spiro atoms. The molecule has 2 aromatic rings. The molecule has 92 valence electrons. The largest absolute Gasteiger partial charge is 0.497 e. The lowest BCUT2D eigenvalue weighted by atomic mass is 9.95. The van der Waals surface area contributed by atoms with Gasteiger partial charge in [-0.15, -0.1) is 11.3 Å². The third kappa shape index (κ3) is 2.15. The van der Waals surface area contributed by atoms with Crippen LogP contribution in [0.1, 0.15) is 31.7 Å². The molecule has 2 rings (SSSR count). The van der Waals surface area contributed by atoms with Crippen LogP contribution in [0, 0.1) is 0 Å². The lowest BCUT2D eigenvalue weighted by Crippen LogP contribution is -2.34. The number of thiazole rings is 1. The van der Waals surface area contributed by atoms with E-state index >= 15 is 0 Å². The van der Waals surface area contributed by atoms with Gasteiger partial charge >= 0.3 is 0 Å². The van der Waals surface area contributed by atoms with Crippen molar-refractivity contribution in [1.29, 1.82) is 0 Å². The number of aromatic nitrogens is 1. The van der Waals surface area contributed by atoms with Crippen LogP contribution in [0.3, 0.4) is 0 Å². The summed E-state index contributed by atoms with van der Waals surface area (Å²) in [5, 5.41) is 1.02. The third-order valence-electron chi connectivity index (χ3n) is 3.28. The van der Waals surface area contributed by atoms with Crippen molar-refractivity contribution in [3.8, 4) is 5.75 Å². The molecule has 1 aromatic carbocycles. The van der Waals surface area contributed by atoms with Crippen molar-refractivity contribution in [2.75, 3.05) is 7.11 Å². The average molecular weight is 250 g/mol. The number of hydrogen-bond donors (Lipinski definition) is 1. The van der Waals surface area contributed by atoms with Crippen molar-refractivity contribution in [3.63, 3.8) is 0 Å². The maximum Gasteiger partial charge on any atom is 0.120 e. The van der Waals surface area contributed by atoms with Gasteiger partial charge < -0.3 is 10.5 Å². The van der Waals surface area contributed by atoms with Crippen molar-refractivity contribution < 1.29 is 4.74 Å². The van der Waals surface area contributed by atoms with Gasteiger partial charge in [-0.2, -0.15) is 0 Å². The zero-order chi connectivity index (χ0) is 12.5. The Morgan fingerprint density at radius 3 is 2.65 bits per heavy atom. The Balaban J connectivity index is 2.50. The van der Waals surface area contributed by atoms with Gasteiger partial charge in [-0.25, -0.2) is 4.98 Å². The second-order valence-corrected chi connectivity index (χ2v) is 5.25. The van der Waals surface area contributed by atoms with Crippen molar-refractivity contribution in [2.24, 2.45) is 5.73 Å². The van der Waals surface area contributed by atoms with E-state index < -0.39 is 0 Å². The monoisotopic (exact) mass is 250 g/mol. The lowest BCUT2D eigenvalue weighted by Gasteiger charge is -2.23. The minimum Gasteiger partial charge on any atom is -0.497 e. The molecular formula is C13H18N2OS. The minimum absolute atomic E-state index is 0.295. The maximum atomic E-state index is 6.37. The summed E-state index contributed by atoms with van der Waals surface area (Å²) in [6.45, 7) is 4.21. The van der Waals surface area contributed by atoms with E-state index in [0.717, 1.165) is 33.8 Å². The van der Waals surface area contributed by atoms with Crippen molar-refractivity contribution in [2.45, 2.75) is 32.2 Å². The van der Waals surface area contributed by atoms with E-state index in [2.05, 4.69) is 18.8 Å². The Kier molecular flexibility index (Phi) is 3.35. The molecule has 0 atom stereocenters. The molecule has 0 bridgehead atoms. The SMILES string of the molecule is CCC(N)(CC)c1nc2ccc(OC)cc2s1. The number of hydrogen-bond acceptors (Lipinski definition) is 4. The molecule has 2 N–H and O–H groups in total. The number of nitrogens with two attached hydrogens (primary N) is 1. The van der Waals surface area contributed by atoms with Crippen LogP contribution in [0.4, 0.5) is 0 Å². The number of rotatable bonds is 4. The number of methoxy groups -OCH3 is 1. The van der Waals surface area contributed by atoms with Crippen LogP contribution in [0.2, 0.25) is 0 Å². The Hall–Kier alpha value is -1.13. The number of fused-ring (bicyclic) bond motifs is 1. The number of benzene rings is 1. The van der Waals surface area contributed by atoms with E-state index in [9.17, 15) is 0 Å². The highest BCUT2D eigenvalue weighted by atomic mass is 32.1. The molecule has 17 heavy (non-hydrogen) atoms. The van der Waals surface area contributed by atoms with Gasteiger partial charge in [0.25, 0.3) is 0 Å². The van der Waals surface area contributed by atoms with Gasteiger partial charge in [-0.1, -0.05) is 13.8 Å². The van der Waals surface area contributed by atoms with Gasteiger partial charge in [0.15, 0.2) is 0 Å². The van der Waals surface area contributed by atoms with Crippen LogP contribution >= 0.6 is 11.3 Å². The summed E-state index contributed by atoms with van der Waals surface area (Å²) in [5.41, 5.74) is 7.08. The molecular weight excluding hydrogens is 232 g/mol. The molecule has 0 saturated heterocycles. The highest BCUT2D eigenvalue weighted by Crippen LogP contribution is 2.34. The fourth-order valence-electron chi connectivity index (χ4n) is 1.80. The molecule has 0 saturated carbocycles. The molecule has 0 aliphatic carbocycles. The summed E-state index contributed by atoms with van der Waals surface area (Å²) < 4.78 is 6.35. The van der Waals surface area contributed by atoms with Crippen molar-refractivity contribution in [1.82, 2.24) is 4.98 Å². The molecule has 1 heterocycles. The highest BCUT2D eigenvalue weighted by molar-refractivity contribution is 7.18. The summed E-state index contributed by atoms with van der Waals surface area (Å²) in [6.07, 6.45) is 1.81. The Morgan fingerprint density at radius 2 is 2.06 bits per heavy atom. The van der Waals surface area contributed by atoms with E-state index in [0.29, 0.717) is 0 Å². The van der Waals surface area contributed by atoms with E-state index in [1.807, 2.05) is 18.2 Å². The van der Waals surface area contributed by atoms with Gasteiger partial charge in [-0.05, 0) is 31.0 Å². The standard InChI is InChI=1S/C13H18N2OS/c1-4-13(14,5-2)12-15-10-7-6-9(16-3)8-11(10)17-12/h6-8H,4-5,14H2,1-3H3. The highest BCUT2D eigenvalue weighted by Gasteiger charge is 2.26. The second kappa shape index (κ2) is 4.63. The second-order valence-electron chi connectivity index (χ2n) is 4.22. The van der Waals surface area contributed by atoms with Crippen molar-refractivity contribution in [3.05, 3.63) is 23.2 Å².